The minimum absolute atomic E-state index is 0.0323. The largest absolute Gasteiger partial charge is 0.329 e. The normalized spacial score (nSPS) is 22.7. The minimum Gasteiger partial charge on any atom is -0.329 e. The number of nitrogens with zero attached hydrogens (tertiary/aromatic N) is 2. The summed E-state index contributed by atoms with van der Waals surface area (Å²) in [5.74, 6) is -0.321. The average molecular weight is 358 g/mol. The molecule has 9 heteroatoms. The van der Waals surface area contributed by atoms with Gasteiger partial charge in [-0.25, -0.2) is 13.2 Å². The molecular formula is C14H16ClN3O4S. The summed E-state index contributed by atoms with van der Waals surface area (Å²) >= 11 is 5.91. The first-order chi connectivity index (χ1) is 10.8. The number of carbonyl (C=O) groups is 2. The standard InChI is InChI=1S/C14H16ClN3O4S/c1-9-2-3-10(15)6-12(9)23(21,22)17-5-4-11(8-17)18-13(19)7-16-14(18)20/h2-3,6,11H,4-5,7-8H2,1H3,(H,16,20). The maximum atomic E-state index is 12.8. The first-order valence-corrected chi connectivity index (χ1v) is 8.98. The van der Waals surface area contributed by atoms with Gasteiger partial charge in [-0.2, -0.15) is 4.31 Å². The number of aryl methyl sites for hydroxylation is 1. The Hall–Kier alpha value is -1.64. The van der Waals surface area contributed by atoms with Crippen LogP contribution in [-0.2, 0) is 14.8 Å². The van der Waals surface area contributed by atoms with Crippen LogP contribution in [0.3, 0.4) is 0 Å². The van der Waals surface area contributed by atoms with E-state index in [4.69, 9.17) is 11.6 Å². The topological polar surface area (TPSA) is 86.8 Å². The van der Waals surface area contributed by atoms with Gasteiger partial charge in [-0.05, 0) is 31.0 Å². The van der Waals surface area contributed by atoms with Crippen LogP contribution in [0, 0.1) is 6.92 Å². The molecule has 2 aliphatic rings. The van der Waals surface area contributed by atoms with Crippen LogP contribution in [0.1, 0.15) is 12.0 Å². The quantitative estimate of drug-likeness (QED) is 0.816. The highest BCUT2D eigenvalue weighted by atomic mass is 35.5. The fraction of sp³-hybridized carbons (Fsp3) is 0.429. The smallest absolute Gasteiger partial charge is 0.324 e. The number of hydrogen-bond acceptors (Lipinski definition) is 4. The lowest BCUT2D eigenvalue weighted by Gasteiger charge is -2.22. The van der Waals surface area contributed by atoms with E-state index in [0.717, 1.165) is 4.90 Å². The zero-order valence-corrected chi connectivity index (χ0v) is 14.0. The molecule has 1 N–H and O–H groups in total. The highest BCUT2D eigenvalue weighted by molar-refractivity contribution is 7.89. The van der Waals surface area contributed by atoms with Gasteiger partial charge in [0.1, 0.15) is 0 Å². The second kappa shape index (κ2) is 5.77. The first-order valence-electron chi connectivity index (χ1n) is 7.17. The monoisotopic (exact) mass is 357 g/mol. The Balaban J connectivity index is 1.84. The van der Waals surface area contributed by atoms with Crippen LogP contribution in [0.5, 0.6) is 0 Å². The van der Waals surface area contributed by atoms with Crippen LogP contribution in [0.2, 0.25) is 5.02 Å². The van der Waals surface area contributed by atoms with Gasteiger partial charge in [0.05, 0.1) is 17.5 Å². The van der Waals surface area contributed by atoms with E-state index in [0.29, 0.717) is 17.0 Å². The van der Waals surface area contributed by atoms with Crippen LogP contribution in [-0.4, -0.2) is 55.2 Å². The Morgan fingerprint density at radius 1 is 1.30 bits per heavy atom. The van der Waals surface area contributed by atoms with Gasteiger partial charge in [-0.15, -0.1) is 0 Å². The molecule has 0 aromatic heterocycles. The van der Waals surface area contributed by atoms with Gasteiger partial charge >= 0.3 is 6.03 Å². The Bertz CT molecular complexity index is 764. The highest BCUT2D eigenvalue weighted by Gasteiger charge is 2.42. The number of imide groups is 1. The molecule has 3 rings (SSSR count). The molecule has 1 atom stereocenters. The molecule has 0 spiro atoms. The predicted octanol–water partition coefficient (Wildman–Crippen LogP) is 0.963. The van der Waals surface area contributed by atoms with Crippen LogP contribution < -0.4 is 5.32 Å². The van der Waals surface area contributed by atoms with E-state index in [1.807, 2.05) is 0 Å². The molecule has 0 aliphatic carbocycles. The molecular weight excluding hydrogens is 342 g/mol. The van der Waals surface area contributed by atoms with E-state index >= 15 is 0 Å². The van der Waals surface area contributed by atoms with Gasteiger partial charge in [0.2, 0.25) is 15.9 Å². The zero-order chi connectivity index (χ0) is 16.8. The summed E-state index contributed by atoms with van der Waals surface area (Å²) in [6.45, 7) is 2.03. The summed E-state index contributed by atoms with van der Waals surface area (Å²) in [5.41, 5.74) is 0.604. The maximum absolute atomic E-state index is 12.8. The van der Waals surface area contributed by atoms with Crippen molar-refractivity contribution in [2.45, 2.75) is 24.3 Å². The lowest BCUT2D eigenvalue weighted by atomic mass is 10.2. The number of rotatable bonds is 3. The Kier molecular flexibility index (Phi) is 4.07. The molecule has 0 radical (unpaired) electrons. The molecule has 1 aromatic carbocycles. The van der Waals surface area contributed by atoms with Crippen LogP contribution in [0.4, 0.5) is 4.79 Å². The maximum Gasteiger partial charge on any atom is 0.324 e. The van der Waals surface area contributed by atoms with Crippen molar-refractivity contribution in [1.82, 2.24) is 14.5 Å². The molecule has 1 unspecified atom stereocenters. The third-order valence-corrected chi connectivity index (χ3v) is 6.38. The Morgan fingerprint density at radius 3 is 2.70 bits per heavy atom. The molecule has 1 aromatic rings. The Morgan fingerprint density at radius 2 is 2.04 bits per heavy atom. The lowest BCUT2D eigenvalue weighted by Crippen LogP contribution is -2.42. The first kappa shape index (κ1) is 16.2. The van der Waals surface area contributed by atoms with Crippen LogP contribution in [0.15, 0.2) is 23.1 Å². The predicted molar refractivity (Wildman–Crippen MR) is 83.6 cm³/mol. The number of hydrogen-bond donors (Lipinski definition) is 1. The molecule has 2 heterocycles. The van der Waals surface area contributed by atoms with Crippen molar-refractivity contribution >= 4 is 33.6 Å². The van der Waals surface area contributed by atoms with E-state index in [2.05, 4.69) is 5.32 Å². The second-order valence-electron chi connectivity index (χ2n) is 5.64. The zero-order valence-electron chi connectivity index (χ0n) is 12.5. The number of urea groups is 1. The number of sulfonamides is 1. The summed E-state index contributed by atoms with van der Waals surface area (Å²) in [4.78, 5) is 24.7. The number of carbonyl (C=O) groups excluding carboxylic acids is 2. The van der Waals surface area contributed by atoms with E-state index in [1.54, 1.807) is 19.1 Å². The molecule has 124 valence electrons. The number of nitrogens with one attached hydrogen (secondary N) is 1. The van der Waals surface area contributed by atoms with Crippen molar-refractivity contribution < 1.29 is 18.0 Å². The average Bonchev–Trinajstić information content (AvgIpc) is 3.09. The molecule has 2 aliphatic heterocycles. The van der Waals surface area contributed by atoms with Gasteiger partial charge in [-0.1, -0.05) is 17.7 Å². The highest BCUT2D eigenvalue weighted by Crippen LogP contribution is 2.28. The minimum atomic E-state index is -3.71. The van der Waals surface area contributed by atoms with Crippen LogP contribution in [0.25, 0.3) is 0 Å². The van der Waals surface area contributed by atoms with E-state index < -0.39 is 22.1 Å². The Labute approximate surface area is 139 Å². The van der Waals surface area contributed by atoms with E-state index in [9.17, 15) is 18.0 Å². The van der Waals surface area contributed by atoms with Gasteiger partial charge < -0.3 is 5.32 Å². The summed E-state index contributed by atoms with van der Waals surface area (Å²) in [7, 11) is -3.71. The van der Waals surface area contributed by atoms with Crippen LogP contribution >= 0.6 is 11.6 Å². The summed E-state index contributed by atoms with van der Waals surface area (Å²) < 4.78 is 26.9. The molecule has 0 saturated carbocycles. The molecule has 3 amide bonds. The van der Waals surface area contributed by atoms with E-state index in [-0.39, 0.29) is 30.4 Å². The van der Waals surface area contributed by atoms with Gasteiger partial charge in [0, 0.05) is 18.1 Å². The van der Waals surface area contributed by atoms with E-state index in [1.165, 1.54) is 10.4 Å². The van der Waals surface area contributed by atoms with Gasteiger partial charge in [0.25, 0.3) is 0 Å². The summed E-state index contributed by atoms with van der Waals surface area (Å²) in [6.07, 6.45) is 0.429. The van der Waals surface area contributed by atoms with Gasteiger partial charge in [0.15, 0.2) is 0 Å². The fourth-order valence-corrected chi connectivity index (χ4v) is 4.91. The number of amides is 3. The lowest BCUT2D eigenvalue weighted by molar-refractivity contribution is -0.126. The molecule has 2 fully saturated rings. The second-order valence-corrected chi connectivity index (χ2v) is 7.98. The van der Waals surface area contributed by atoms with Crippen molar-refractivity contribution in [2.75, 3.05) is 19.6 Å². The van der Waals surface area contributed by atoms with Crippen molar-refractivity contribution in [3.63, 3.8) is 0 Å². The SMILES string of the molecule is Cc1ccc(Cl)cc1S(=O)(=O)N1CCC(N2C(=O)CNC2=O)C1. The number of benzene rings is 1. The third-order valence-electron chi connectivity index (χ3n) is 4.14. The molecule has 23 heavy (non-hydrogen) atoms. The van der Waals surface area contributed by atoms with Crippen molar-refractivity contribution in [1.29, 1.82) is 0 Å². The fourth-order valence-electron chi connectivity index (χ4n) is 2.93. The number of halogens is 1. The molecule has 2 saturated heterocycles. The van der Waals surface area contributed by atoms with Crippen molar-refractivity contribution in [3.05, 3.63) is 28.8 Å². The molecule has 0 bridgehead atoms. The summed E-state index contributed by atoms with van der Waals surface area (Å²) in [5, 5.41) is 2.80. The molecule has 7 nitrogen and oxygen atoms in total. The third kappa shape index (κ3) is 2.82. The van der Waals surface area contributed by atoms with Crippen molar-refractivity contribution in [3.8, 4) is 0 Å². The summed E-state index contributed by atoms with van der Waals surface area (Å²) in [6, 6.07) is 3.82. The van der Waals surface area contributed by atoms with Crippen molar-refractivity contribution in [2.24, 2.45) is 0 Å². The van der Waals surface area contributed by atoms with Gasteiger partial charge in [-0.3, -0.25) is 9.69 Å².